The summed E-state index contributed by atoms with van der Waals surface area (Å²) in [5, 5.41) is 11.8. The molecule has 0 spiro atoms. The number of aromatic hydroxyl groups is 1. The number of halogens is 2. The highest BCUT2D eigenvalue weighted by molar-refractivity contribution is 7.10. The van der Waals surface area contributed by atoms with Crippen LogP contribution in [0.15, 0.2) is 29.6 Å². The van der Waals surface area contributed by atoms with Gasteiger partial charge in [-0.15, -0.1) is 23.7 Å². The molecule has 92 valence electrons. The van der Waals surface area contributed by atoms with Crippen molar-refractivity contribution >= 4 is 23.7 Å². The molecule has 0 saturated carbocycles. The monoisotopic (exact) mass is 273 g/mol. The lowest BCUT2D eigenvalue weighted by Crippen LogP contribution is -2.11. The molecule has 2 aromatic rings. The molecular formula is C12H13ClFNOS. The van der Waals surface area contributed by atoms with Crippen molar-refractivity contribution in [1.82, 2.24) is 0 Å². The molecule has 1 aromatic heterocycles. The highest BCUT2D eigenvalue weighted by atomic mass is 35.5. The lowest BCUT2D eigenvalue weighted by Gasteiger charge is -2.13. The average molecular weight is 274 g/mol. The van der Waals surface area contributed by atoms with Crippen LogP contribution in [0.1, 0.15) is 22.0 Å². The van der Waals surface area contributed by atoms with E-state index in [0.717, 1.165) is 4.88 Å². The van der Waals surface area contributed by atoms with Crippen LogP contribution in [-0.4, -0.2) is 5.11 Å². The van der Waals surface area contributed by atoms with E-state index in [2.05, 4.69) is 0 Å². The summed E-state index contributed by atoms with van der Waals surface area (Å²) >= 11 is 1.49. The zero-order valence-corrected chi connectivity index (χ0v) is 10.8. The van der Waals surface area contributed by atoms with Gasteiger partial charge in [0.05, 0.1) is 6.04 Å². The van der Waals surface area contributed by atoms with E-state index in [-0.39, 0.29) is 24.0 Å². The van der Waals surface area contributed by atoms with Gasteiger partial charge in [0.15, 0.2) is 0 Å². The minimum Gasteiger partial charge on any atom is -0.507 e. The molecule has 0 radical (unpaired) electrons. The molecule has 1 atom stereocenters. The summed E-state index contributed by atoms with van der Waals surface area (Å²) in [5.41, 5.74) is 6.92. The van der Waals surface area contributed by atoms with Crippen LogP contribution in [0, 0.1) is 12.7 Å². The summed E-state index contributed by atoms with van der Waals surface area (Å²) in [5.74, 6) is -0.306. The molecule has 0 unspecified atom stereocenters. The van der Waals surface area contributed by atoms with Gasteiger partial charge in [-0.25, -0.2) is 4.39 Å². The zero-order chi connectivity index (χ0) is 11.7. The Morgan fingerprint density at radius 1 is 1.41 bits per heavy atom. The third-order valence-corrected chi connectivity index (χ3v) is 3.43. The molecule has 5 heteroatoms. The number of rotatable bonds is 2. The number of hydrogen-bond acceptors (Lipinski definition) is 3. The molecule has 0 aliphatic heterocycles. The van der Waals surface area contributed by atoms with E-state index in [1.807, 2.05) is 17.5 Å². The molecule has 0 saturated heterocycles. The second kappa shape index (κ2) is 5.49. The molecule has 2 nitrogen and oxygen atoms in total. The van der Waals surface area contributed by atoms with Crippen molar-refractivity contribution < 1.29 is 9.50 Å². The lowest BCUT2D eigenvalue weighted by molar-refractivity contribution is 0.458. The molecule has 3 N–H and O–H groups in total. The van der Waals surface area contributed by atoms with Crippen molar-refractivity contribution in [3.8, 4) is 5.75 Å². The van der Waals surface area contributed by atoms with Crippen molar-refractivity contribution in [2.24, 2.45) is 5.73 Å². The van der Waals surface area contributed by atoms with Gasteiger partial charge in [0, 0.05) is 10.4 Å². The number of nitrogens with two attached hydrogens (primary N) is 1. The van der Waals surface area contributed by atoms with Crippen LogP contribution in [-0.2, 0) is 0 Å². The minimum atomic E-state index is -0.477. The van der Waals surface area contributed by atoms with Crippen molar-refractivity contribution in [1.29, 1.82) is 0 Å². The van der Waals surface area contributed by atoms with Gasteiger partial charge >= 0.3 is 0 Å². The second-order valence-electron chi connectivity index (χ2n) is 3.65. The summed E-state index contributed by atoms with van der Waals surface area (Å²) < 4.78 is 13.2. The molecule has 1 aromatic carbocycles. The van der Waals surface area contributed by atoms with Gasteiger partial charge in [0.1, 0.15) is 11.6 Å². The fraction of sp³-hybridized carbons (Fsp3) is 0.167. The van der Waals surface area contributed by atoms with Gasteiger partial charge in [-0.3, -0.25) is 0 Å². The number of phenolic OH excluding ortho intramolecular Hbond substituents is 1. The van der Waals surface area contributed by atoms with Crippen molar-refractivity contribution in [3.63, 3.8) is 0 Å². The van der Waals surface area contributed by atoms with E-state index in [1.165, 1.54) is 23.5 Å². The molecule has 0 amide bonds. The minimum absolute atomic E-state index is 0. The van der Waals surface area contributed by atoms with Gasteiger partial charge in [-0.05, 0) is 36.1 Å². The van der Waals surface area contributed by atoms with E-state index >= 15 is 0 Å². The Hall–Kier alpha value is -1.10. The van der Waals surface area contributed by atoms with Crippen LogP contribution >= 0.6 is 23.7 Å². The Morgan fingerprint density at radius 3 is 2.71 bits per heavy atom. The van der Waals surface area contributed by atoms with E-state index in [4.69, 9.17) is 5.73 Å². The lowest BCUT2D eigenvalue weighted by atomic mass is 10.0. The first-order valence-corrected chi connectivity index (χ1v) is 5.75. The predicted molar refractivity (Wildman–Crippen MR) is 70.4 cm³/mol. The van der Waals surface area contributed by atoms with Crippen molar-refractivity contribution in [3.05, 3.63) is 51.5 Å². The highest BCUT2D eigenvalue weighted by Gasteiger charge is 2.16. The van der Waals surface area contributed by atoms with Gasteiger partial charge in [-0.1, -0.05) is 6.07 Å². The number of phenols is 1. The first kappa shape index (κ1) is 14.0. The Bertz CT molecular complexity index is 501. The fourth-order valence-electron chi connectivity index (χ4n) is 1.62. The third-order valence-electron chi connectivity index (χ3n) is 2.48. The maximum atomic E-state index is 13.2. The van der Waals surface area contributed by atoms with Gasteiger partial charge in [0.25, 0.3) is 0 Å². The smallest absolute Gasteiger partial charge is 0.124 e. The Balaban J connectivity index is 0.00000144. The van der Waals surface area contributed by atoms with Crippen LogP contribution < -0.4 is 5.73 Å². The average Bonchev–Trinajstić information content (AvgIpc) is 2.75. The maximum Gasteiger partial charge on any atom is 0.124 e. The largest absolute Gasteiger partial charge is 0.507 e. The van der Waals surface area contributed by atoms with E-state index in [1.54, 1.807) is 6.92 Å². The Labute approximate surface area is 109 Å². The van der Waals surface area contributed by atoms with Crippen LogP contribution in [0.25, 0.3) is 0 Å². The first-order valence-electron chi connectivity index (χ1n) is 4.87. The summed E-state index contributed by atoms with van der Waals surface area (Å²) in [6.45, 7) is 1.66. The molecule has 1 heterocycles. The molecule has 0 fully saturated rings. The molecule has 0 bridgehead atoms. The topological polar surface area (TPSA) is 46.2 Å². The van der Waals surface area contributed by atoms with E-state index < -0.39 is 6.04 Å². The molecular weight excluding hydrogens is 261 g/mol. The predicted octanol–water partition coefficient (Wildman–Crippen LogP) is 3.37. The molecule has 0 aliphatic rings. The van der Waals surface area contributed by atoms with Gasteiger partial charge in [0.2, 0.25) is 0 Å². The summed E-state index contributed by atoms with van der Waals surface area (Å²) in [7, 11) is 0. The standard InChI is InChI=1S/C12H12FNOS.ClH/c1-7-5-8(13)6-9(12(7)15)11(14)10-3-2-4-16-10;/h2-6,11,15H,14H2,1H3;1H/t11-;/m0./s1. The summed E-state index contributed by atoms with van der Waals surface area (Å²) in [6.07, 6.45) is 0. The van der Waals surface area contributed by atoms with Crippen LogP contribution in [0.4, 0.5) is 4.39 Å². The number of hydrogen-bond donors (Lipinski definition) is 2. The number of benzene rings is 1. The van der Waals surface area contributed by atoms with Gasteiger partial charge < -0.3 is 10.8 Å². The summed E-state index contributed by atoms with van der Waals surface area (Å²) in [6, 6.07) is 5.85. The SMILES string of the molecule is Cc1cc(F)cc([C@H](N)c2cccs2)c1O.Cl. The van der Waals surface area contributed by atoms with Crippen LogP contribution in [0.3, 0.4) is 0 Å². The van der Waals surface area contributed by atoms with E-state index in [9.17, 15) is 9.50 Å². The molecule has 17 heavy (non-hydrogen) atoms. The molecule has 0 aliphatic carbocycles. The maximum absolute atomic E-state index is 13.2. The van der Waals surface area contributed by atoms with Crippen LogP contribution in [0.5, 0.6) is 5.75 Å². The number of thiophene rings is 1. The summed E-state index contributed by atoms with van der Waals surface area (Å²) in [4.78, 5) is 0.903. The van der Waals surface area contributed by atoms with Crippen molar-refractivity contribution in [2.45, 2.75) is 13.0 Å². The van der Waals surface area contributed by atoms with Gasteiger partial charge in [-0.2, -0.15) is 0 Å². The fourth-order valence-corrected chi connectivity index (χ4v) is 2.36. The van der Waals surface area contributed by atoms with Crippen LogP contribution in [0.2, 0.25) is 0 Å². The Kier molecular flexibility index (Phi) is 4.51. The van der Waals surface area contributed by atoms with Crippen molar-refractivity contribution in [2.75, 3.05) is 0 Å². The Morgan fingerprint density at radius 2 is 2.12 bits per heavy atom. The van der Waals surface area contributed by atoms with E-state index in [0.29, 0.717) is 11.1 Å². The second-order valence-corrected chi connectivity index (χ2v) is 4.63. The normalized spacial score (nSPS) is 11.9. The molecule has 2 rings (SSSR count). The number of aryl methyl sites for hydroxylation is 1. The first-order chi connectivity index (χ1) is 7.59. The third kappa shape index (κ3) is 2.77. The quantitative estimate of drug-likeness (QED) is 0.881. The highest BCUT2D eigenvalue weighted by Crippen LogP contribution is 2.32. The zero-order valence-electron chi connectivity index (χ0n) is 9.18.